The summed E-state index contributed by atoms with van der Waals surface area (Å²) in [7, 11) is 0. The van der Waals surface area contributed by atoms with E-state index in [0.717, 1.165) is 6.42 Å². The molecule has 1 aromatic carbocycles. The van der Waals surface area contributed by atoms with Crippen molar-refractivity contribution in [1.82, 2.24) is 5.32 Å². The fourth-order valence-corrected chi connectivity index (χ4v) is 2.15. The standard InChI is InChI=1S/C15H21NO3/c1-12(15(2)18-10-11-19-15)14(17)16-9-8-13-6-4-3-5-7-13/h3-7,12H,8-11H2,1-2H3,(H,16,17). The number of carbonyl (C=O) groups excluding carboxylic acids is 1. The highest BCUT2D eigenvalue weighted by Gasteiger charge is 2.40. The Bertz CT molecular complexity index is 413. The molecular formula is C15H21NO3. The van der Waals surface area contributed by atoms with Gasteiger partial charge in [-0.3, -0.25) is 4.79 Å². The second kappa shape index (κ2) is 6.17. The molecule has 1 N–H and O–H groups in total. The van der Waals surface area contributed by atoms with E-state index < -0.39 is 5.79 Å². The number of rotatable bonds is 5. The van der Waals surface area contributed by atoms with Gasteiger partial charge in [0.15, 0.2) is 5.79 Å². The van der Waals surface area contributed by atoms with E-state index in [1.54, 1.807) is 0 Å². The third-order valence-electron chi connectivity index (χ3n) is 3.60. The average Bonchev–Trinajstić information content (AvgIpc) is 2.87. The Hall–Kier alpha value is -1.39. The van der Waals surface area contributed by atoms with Crippen LogP contribution in [0.15, 0.2) is 30.3 Å². The Morgan fingerprint density at radius 2 is 1.95 bits per heavy atom. The van der Waals surface area contributed by atoms with Crippen molar-refractivity contribution in [1.29, 1.82) is 0 Å². The highest BCUT2D eigenvalue weighted by molar-refractivity contribution is 5.79. The average molecular weight is 263 g/mol. The maximum Gasteiger partial charge on any atom is 0.228 e. The minimum absolute atomic E-state index is 0.0275. The maximum absolute atomic E-state index is 12.1. The topological polar surface area (TPSA) is 47.6 Å². The van der Waals surface area contributed by atoms with E-state index in [9.17, 15) is 4.79 Å². The molecule has 19 heavy (non-hydrogen) atoms. The molecule has 0 aliphatic carbocycles. The highest BCUT2D eigenvalue weighted by Crippen LogP contribution is 2.27. The summed E-state index contributed by atoms with van der Waals surface area (Å²) in [4.78, 5) is 12.1. The molecule has 1 heterocycles. The lowest BCUT2D eigenvalue weighted by Crippen LogP contribution is -2.44. The monoisotopic (exact) mass is 263 g/mol. The summed E-state index contributed by atoms with van der Waals surface area (Å²) in [6.45, 7) is 5.39. The summed E-state index contributed by atoms with van der Waals surface area (Å²) in [6, 6.07) is 10.1. The van der Waals surface area contributed by atoms with Crippen molar-refractivity contribution in [3.8, 4) is 0 Å². The van der Waals surface area contributed by atoms with Crippen molar-refractivity contribution >= 4 is 5.91 Å². The van der Waals surface area contributed by atoms with Crippen molar-refractivity contribution in [2.45, 2.75) is 26.1 Å². The second-order valence-corrected chi connectivity index (χ2v) is 4.96. The normalized spacial score (nSPS) is 19.1. The molecule has 0 spiro atoms. The lowest BCUT2D eigenvalue weighted by Gasteiger charge is -2.28. The van der Waals surface area contributed by atoms with Gasteiger partial charge in [0.2, 0.25) is 5.91 Å². The van der Waals surface area contributed by atoms with E-state index in [0.29, 0.717) is 19.8 Å². The smallest absolute Gasteiger partial charge is 0.228 e. The van der Waals surface area contributed by atoms with Gasteiger partial charge in [-0.2, -0.15) is 0 Å². The molecule has 1 aromatic rings. The molecule has 1 amide bonds. The Morgan fingerprint density at radius 1 is 1.32 bits per heavy atom. The Morgan fingerprint density at radius 3 is 2.58 bits per heavy atom. The molecule has 0 bridgehead atoms. The number of benzene rings is 1. The van der Waals surface area contributed by atoms with Crippen LogP contribution in [0.3, 0.4) is 0 Å². The van der Waals surface area contributed by atoms with Crippen molar-refractivity contribution in [2.24, 2.45) is 5.92 Å². The SMILES string of the molecule is CC(C(=O)NCCc1ccccc1)C1(C)OCCO1. The molecule has 1 saturated heterocycles. The molecule has 1 atom stereocenters. The first-order chi connectivity index (χ1) is 9.12. The van der Waals surface area contributed by atoms with E-state index >= 15 is 0 Å². The molecule has 1 aliphatic heterocycles. The fourth-order valence-electron chi connectivity index (χ4n) is 2.15. The van der Waals surface area contributed by atoms with Crippen LogP contribution in [0.1, 0.15) is 19.4 Å². The number of hydrogen-bond donors (Lipinski definition) is 1. The third-order valence-corrected chi connectivity index (χ3v) is 3.60. The van der Waals surface area contributed by atoms with Crippen LogP contribution in [0.25, 0.3) is 0 Å². The molecule has 0 saturated carbocycles. The summed E-state index contributed by atoms with van der Waals surface area (Å²) >= 11 is 0. The van der Waals surface area contributed by atoms with Gasteiger partial charge < -0.3 is 14.8 Å². The molecule has 104 valence electrons. The fraction of sp³-hybridized carbons (Fsp3) is 0.533. The van der Waals surface area contributed by atoms with Crippen LogP contribution in [-0.4, -0.2) is 31.5 Å². The molecule has 4 heteroatoms. The van der Waals surface area contributed by atoms with E-state index in [2.05, 4.69) is 17.4 Å². The third kappa shape index (κ3) is 3.55. The van der Waals surface area contributed by atoms with Crippen molar-refractivity contribution < 1.29 is 14.3 Å². The van der Waals surface area contributed by atoms with Gasteiger partial charge >= 0.3 is 0 Å². The molecule has 2 rings (SSSR count). The summed E-state index contributed by atoms with van der Waals surface area (Å²) in [5.74, 6) is -1.12. The van der Waals surface area contributed by atoms with Crippen LogP contribution in [0, 0.1) is 5.92 Å². The van der Waals surface area contributed by atoms with E-state index in [-0.39, 0.29) is 11.8 Å². The summed E-state index contributed by atoms with van der Waals surface area (Å²) < 4.78 is 11.0. The van der Waals surface area contributed by atoms with Crippen LogP contribution in [-0.2, 0) is 20.7 Å². The first-order valence-electron chi connectivity index (χ1n) is 6.71. The summed E-state index contributed by atoms with van der Waals surface area (Å²) in [5, 5.41) is 2.93. The summed E-state index contributed by atoms with van der Waals surface area (Å²) in [5.41, 5.74) is 1.22. The zero-order chi connectivity index (χ0) is 13.7. The number of carbonyl (C=O) groups is 1. The first-order valence-corrected chi connectivity index (χ1v) is 6.71. The molecular weight excluding hydrogens is 242 g/mol. The van der Waals surface area contributed by atoms with E-state index in [1.807, 2.05) is 32.0 Å². The van der Waals surface area contributed by atoms with Crippen molar-refractivity contribution in [3.63, 3.8) is 0 Å². The van der Waals surface area contributed by atoms with Gasteiger partial charge in [-0.05, 0) is 25.8 Å². The van der Waals surface area contributed by atoms with Crippen LogP contribution in [0.4, 0.5) is 0 Å². The molecule has 0 aromatic heterocycles. The molecule has 4 nitrogen and oxygen atoms in total. The Balaban J connectivity index is 1.78. The van der Waals surface area contributed by atoms with Gasteiger partial charge in [-0.1, -0.05) is 30.3 Å². The lowest BCUT2D eigenvalue weighted by atomic mass is 10.0. The number of amides is 1. The van der Waals surface area contributed by atoms with Gasteiger partial charge in [0.25, 0.3) is 0 Å². The van der Waals surface area contributed by atoms with Crippen molar-refractivity contribution in [3.05, 3.63) is 35.9 Å². The van der Waals surface area contributed by atoms with Crippen LogP contribution in [0.2, 0.25) is 0 Å². The number of nitrogens with one attached hydrogen (secondary N) is 1. The van der Waals surface area contributed by atoms with Crippen LogP contribution >= 0.6 is 0 Å². The maximum atomic E-state index is 12.1. The largest absolute Gasteiger partial charge is 0.355 e. The van der Waals surface area contributed by atoms with Gasteiger partial charge in [0, 0.05) is 6.54 Å². The minimum atomic E-state index is -0.781. The predicted octanol–water partition coefficient (Wildman–Crippen LogP) is 1.74. The number of hydrogen-bond acceptors (Lipinski definition) is 3. The Kier molecular flexibility index (Phi) is 4.56. The van der Waals surface area contributed by atoms with E-state index in [4.69, 9.17) is 9.47 Å². The second-order valence-electron chi connectivity index (χ2n) is 4.96. The van der Waals surface area contributed by atoms with Gasteiger partial charge in [0.1, 0.15) is 0 Å². The first kappa shape index (κ1) is 14.0. The van der Waals surface area contributed by atoms with Crippen LogP contribution < -0.4 is 5.32 Å². The zero-order valence-corrected chi connectivity index (χ0v) is 11.5. The van der Waals surface area contributed by atoms with Gasteiger partial charge in [-0.15, -0.1) is 0 Å². The zero-order valence-electron chi connectivity index (χ0n) is 11.5. The molecule has 1 fully saturated rings. The molecule has 1 unspecified atom stereocenters. The number of ether oxygens (including phenoxy) is 2. The van der Waals surface area contributed by atoms with E-state index in [1.165, 1.54) is 5.56 Å². The minimum Gasteiger partial charge on any atom is -0.355 e. The summed E-state index contributed by atoms with van der Waals surface area (Å²) in [6.07, 6.45) is 0.831. The molecule has 1 aliphatic rings. The van der Waals surface area contributed by atoms with Crippen molar-refractivity contribution in [2.75, 3.05) is 19.8 Å². The van der Waals surface area contributed by atoms with Gasteiger partial charge in [0.05, 0.1) is 19.1 Å². The lowest BCUT2D eigenvalue weighted by molar-refractivity contribution is -0.183. The van der Waals surface area contributed by atoms with Gasteiger partial charge in [-0.25, -0.2) is 0 Å². The quantitative estimate of drug-likeness (QED) is 0.880. The highest BCUT2D eigenvalue weighted by atomic mass is 16.7. The predicted molar refractivity (Wildman–Crippen MR) is 72.6 cm³/mol. The van der Waals surface area contributed by atoms with Crippen LogP contribution in [0.5, 0.6) is 0 Å². The molecule has 0 radical (unpaired) electrons. The Labute approximate surface area is 114 Å².